The molecule has 3 amide bonds. The van der Waals surface area contributed by atoms with E-state index in [9.17, 15) is 24.0 Å². The van der Waals surface area contributed by atoms with E-state index in [-0.39, 0.29) is 12.8 Å². The zero-order chi connectivity index (χ0) is 27.0. The van der Waals surface area contributed by atoms with E-state index in [0.717, 1.165) is 16.5 Å². The van der Waals surface area contributed by atoms with Crippen LogP contribution in [-0.2, 0) is 30.4 Å². The van der Waals surface area contributed by atoms with Gasteiger partial charge in [-0.1, -0.05) is 32.0 Å². The van der Waals surface area contributed by atoms with Gasteiger partial charge in [-0.05, 0) is 37.3 Å². The SMILES string of the molecule is CC(NC(=O)C(CCC(=O)O)NC(=O)C(NC(=O)C(N)Cc1c[nH]c2ccccc12)C(C)C)C(=O)O. The van der Waals surface area contributed by atoms with Crippen molar-refractivity contribution in [3.8, 4) is 0 Å². The Hall–Kier alpha value is -3.93. The maximum atomic E-state index is 13.0. The lowest BCUT2D eigenvalue weighted by atomic mass is 10.00. The highest BCUT2D eigenvalue weighted by molar-refractivity contribution is 5.94. The molecule has 1 aromatic carbocycles. The normalized spacial score (nSPS) is 14.5. The Morgan fingerprint density at radius 2 is 1.61 bits per heavy atom. The molecule has 12 heteroatoms. The number of carboxylic acids is 2. The summed E-state index contributed by atoms with van der Waals surface area (Å²) in [7, 11) is 0. The Morgan fingerprint density at radius 1 is 0.944 bits per heavy atom. The Balaban J connectivity index is 2.09. The van der Waals surface area contributed by atoms with Crippen LogP contribution < -0.4 is 21.7 Å². The molecule has 0 saturated carbocycles. The molecule has 1 heterocycles. The first-order valence-corrected chi connectivity index (χ1v) is 11.6. The lowest BCUT2D eigenvalue weighted by Gasteiger charge is -2.26. The summed E-state index contributed by atoms with van der Waals surface area (Å²) in [5, 5.41) is 26.2. The third-order valence-electron chi connectivity index (χ3n) is 5.71. The lowest BCUT2D eigenvalue weighted by molar-refractivity contribution is -0.142. The van der Waals surface area contributed by atoms with Crippen molar-refractivity contribution in [2.75, 3.05) is 0 Å². The number of H-pyrrole nitrogens is 1. The number of amides is 3. The molecule has 0 aliphatic carbocycles. The Bertz CT molecular complexity index is 1110. The van der Waals surface area contributed by atoms with Crippen molar-refractivity contribution in [3.63, 3.8) is 0 Å². The summed E-state index contributed by atoms with van der Waals surface area (Å²) in [6, 6.07) is 2.98. The van der Waals surface area contributed by atoms with Crippen molar-refractivity contribution in [3.05, 3.63) is 36.0 Å². The molecule has 0 bridgehead atoms. The van der Waals surface area contributed by atoms with Crippen LogP contribution in [0.4, 0.5) is 0 Å². The number of aliphatic carboxylic acids is 2. The van der Waals surface area contributed by atoms with E-state index < -0.39 is 66.2 Å². The van der Waals surface area contributed by atoms with Gasteiger partial charge in [0.05, 0.1) is 6.04 Å². The number of carboxylic acid groups (broad SMARTS) is 2. The third kappa shape index (κ3) is 7.80. The number of fused-ring (bicyclic) bond motifs is 1. The van der Waals surface area contributed by atoms with Gasteiger partial charge in [-0.2, -0.15) is 0 Å². The molecule has 0 radical (unpaired) electrons. The van der Waals surface area contributed by atoms with Crippen LogP contribution in [0.15, 0.2) is 30.5 Å². The average Bonchev–Trinajstić information content (AvgIpc) is 3.21. The average molecular weight is 504 g/mol. The van der Waals surface area contributed by atoms with Gasteiger partial charge in [0.15, 0.2) is 0 Å². The second-order valence-electron chi connectivity index (χ2n) is 8.96. The van der Waals surface area contributed by atoms with Gasteiger partial charge in [0.1, 0.15) is 18.1 Å². The minimum Gasteiger partial charge on any atom is -0.481 e. The fourth-order valence-corrected chi connectivity index (χ4v) is 3.60. The largest absolute Gasteiger partial charge is 0.481 e. The van der Waals surface area contributed by atoms with Crippen molar-refractivity contribution in [2.45, 2.75) is 64.2 Å². The Morgan fingerprint density at radius 3 is 2.22 bits per heavy atom. The van der Waals surface area contributed by atoms with E-state index in [1.54, 1.807) is 20.0 Å². The lowest BCUT2D eigenvalue weighted by Crippen LogP contribution is -2.58. The molecule has 1 aromatic heterocycles. The number of carbonyl (C=O) groups is 5. The number of carbonyl (C=O) groups excluding carboxylic acids is 3. The molecule has 0 aliphatic rings. The second kappa shape index (κ2) is 12.7. The highest BCUT2D eigenvalue weighted by Crippen LogP contribution is 2.19. The van der Waals surface area contributed by atoms with Gasteiger partial charge in [0.2, 0.25) is 17.7 Å². The summed E-state index contributed by atoms with van der Waals surface area (Å²) in [4.78, 5) is 63.5. The summed E-state index contributed by atoms with van der Waals surface area (Å²) in [6.45, 7) is 4.62. The molecule has 2 rings (SSSR count). The van der Waals surface area contributed by atoms with Crippen molar-refractivity contribution in [1.82, 2.24) is 20.9 Å². The van der Waals surface area contributed by atoms with Gasteiger partial charge in [0, 0.05) is 23.5 Å². The van der Waals surface area contributed by atoms with E-state index in [1.165, 1.54) is 6.92 Å². The van der Waals surface area contributed by atoms with E-state index in [4.69, 9.17) is 15.9 Å². The summed E-state index contributed by atoms with van der Waals surface area (Å²) in [5.41, 5.74) is 7.87. The second-order valence-corrected chi connectivity index (χ2v) is 8.96. The van der Waals surface area contributed by atoms with E-state index in [0.29, 0.717) is 0 Å². The number of aromatic amines is 1. The number of aromatic nitrogens is 1. The number of benzene rings is 1. The predicted molar refractivity (Wildman–Crippen MR) is 131 cm³/mol. The maximum Gasteiger partial charge on any atom is 0.325 e. The summed E-state index contributed by atoms with van der Waals surface area (Å²) < 4.78 is 0. The predicted octanol–water partition coefficient (Wildman–Crippen LogP) is 0.117. The van der Waals surface area contributed by atoms with Gasteiger partial charge >= 0.3 is 11.9 Å². The molecule has 4 atom stereocenters. The van der Waals surface area contributed by atoms with Crippen LogP contribution in [0.25, 0.3) is 10.9 Å². The Kier molecular flexibility index (Phi) is 9.97. The number of nitrogens with two attached hydrogens (primary N) is 1. The minimum absolute atomic E-state index is 0.221. The van der Waals surface area contributed by atoms with Gasteiger partial charge in [-0.15, -0.1) is 0 Å². The molecule has 196 valence electrons. The fourth-order valence-electron chi connectivity index (χ4n) is 3.60. The van der Waals surface area contributed by atoms with E-state index in [1.807, 2.05) is 24.3 Å². The van der Waals surface area contributed by atoms with Crippen molar-refractivity contribution in [1.29, 1.82) is 0 Å². The van der Waals surface area contributed by atoms with Crippen LogP contribution in [0.3, 0.4) is 0 Å². The fraction of sp³-hybridized carbons (Fsp3) is 0.458. The van der Waals surface area contributed by atoms with Gasteiger partial charge in [0.25, 0.3) is 0 Å². The molecule has 8 N–H and O–H groups in total. The quantitative estimate of drug-likeness (QED) is 0.199. The maximum absolute atomic E-state index is 13.0. The molecular formula is C24H33N5O7. The van der Waals surface area contributed by atoms with Crippen LogP contribution in [0, 0.1) is 5.92 Å². The molecule has 0 fully saturated rings. The van der Waals surface area contributed by atoms with Crippen LogP contribution in [-0.4, -0.2) is 69.0 Å². The van der Waals surface area contributed by atoms with Crippen LogP contribution >= 0.6 is 0 Å². The molecule has 12 nitrogen and oxygen atoms in total. The highest BCUT2D eigenvalue weighted by atomic mass is 16.4. The monoisotopic (exact) mass is 503 g/mol. The van der Waals surface area contributed by atoms with Gasteiger partial charge < -0.3 is 36.9 Å². The Labute approximate surface area is 208 Å². The summed E-state index contributed by atoms with van der Waals surface area (Å²) in [6.07, 6.45) is 1.29. The third-order valence-corrected chi connectivity index (χ3v) is 5.71. The standard InChI is InChI=1S/C24H33N5O7/c1-12(2)20(23(34)28-18(8-9-19(30)31)22(33)27-13(3)24(35)36)29-21(32)16(25)10-14-11-26-17-7-5-4-6-15(14)17/h4-7,11-13,16,18,20,26H,8-10,25H2,1-3H3,(H,27,33)(H,28,34)(H,29,32)(H,30,31)(H,35,36). The molecule has 0 aliphatic heterocycles. The molecular weight excluding hydrogens is 470 g/mol. The van der Waals surface area contributed by atoms with Crippen LogP contribution in [0.2, 0.25) is 0 Å². The first kappa shape index (κ1) is 28.3. The molecule has 0 saturated heterocycles. The zero-order valence-corrected chi connectivity index (χ0v) is 20.4. The van der Waals surface area contributed by atoms with E-state index in [2.05, 4.69) is 20.9 Å². The van der Waals surface area contributed by atoms with E-state index >= 15 is 0 Å². The molecule has 2 aromatic rings. The van der Waals surface area contributed by atoms with Gasteiger partial charge in [-0.25, -0.2) is 0 Å². The number of para-hydroxylation sites is 1. The smallest absolute Gasteiger partial charge is 0.325 e. The number of hydrogen-bond donors (Lipinski definition) is 7. The molecule has 36 heavy (non-hydrogen) atoms. The number of nitrogens with one attached hydrogen (secondary N) is 4. The first-order valence-electron chi connectivity index (χ1n) is 11.6. The topological polar surface area (TPSA) is 204 Å². The minimum atomic E-state index is -1.31. The zero-order valence-electron chi connectivity index (χ0n) is 20.4. The van der Waals surface area contributed by atoms with Crippen LogP contribution in [0.1, 0.15) is 39.2 Å². The summed E-state index contributed by atoms with van der Waals surface area (Å²) in [5.74, 6) is -5.00. The van der Waals surface area contributed by atoms with Crippen molar-refractivity contribution < 1.29 is 34.2 Å². The number of rotatable bonds is 13. The van der Waals surface area contributed by atoms with Crippen molar-refractivity contribution >= 4 is 40.6 Å². The van der Waals surface area contributed by atoms with Gasteiger partial charge in [-0.3, -0.25) is 24.0 Å². The van der Waals surface area contributed by atoms with Crippen molar-refractivity contribution in [2.24, 2.45) is 11.7 Å². The summed E-state index contributed by atoms with van der Waals surface area (Å²) >= 11 is 0. The highest BCUT2D eigenvalue weighted by Gasteiger charge is 2.31. The number of hydrogen-bond acceptors (Lipinski definition) is 6. The molecule has 4 unspecified atom stereocenters. The first-order chi connectivity index (χ1) is 16.9. The van der Waals surface area contributed by atoms with Crippen LogP contribution in [0.5, 0.6) is 0 Å². The molecule has 0 spiro atoms.